The fourth-order valence-corrected chi connectivity index (χ4v) is 3.08. The van der Waals surface area contributed by atoms with Crippen molar-refractivity contribution in [3.05, 3.63) is 34.1 Å². The van der Waals surface area contributed by atoms with Crippen LogP contribution in [0.15, 0.2) is 21.6 Å². The molecule has 128 valence electrons. The molecule has 2 N–H and O–H groups in total. The Kier molecular flexibility index (Phi) is 4.68. The maximum atomic E-state index is 12.1. The molecule has 3 aromatic heterocycles. The van der Waals surface area contributed by atoms with E-state index in [-0.39, 0.29) is 18.0 Å². The molecule has 1 fully saturated rings. The lowest BCUT2D eigenvalue weighted by atomic mass is 9.94. The normalized spacial score (nSPS) is 15.5. The summed E-state index contributed by atoms with van der Waals surface area (Å²) in [7, 11) is 0. The summed E-state index contributed by atoms with van der Waals surface area (Å²) in [5, 5.41) is 11.7. The third-order valence-corrected chi connectivity index (χ3v) is 4.31. The molecule has 0 unspecified atom stereocenters. The Morgan fingerprint density at radius 1 is 1.38 bits per heavy atom. The summed E-state index contributed by atoms with van der Waals surface area (Å²) in [6.45, 7) is 3.87. The van der Waals surface area contributed by atoms with Gasteiger partial charge in [0.05, 0.1) is 11.9 Å². The topological polar surface area (TPSA) is 101 Å². The first-order chi connectivity index (χ1) is 11.3. The summed E-state index contributed by atoms with van der Waals surface area (Å²) >= 11 is 0. The van der Waals surface area contributed by atoms with Crippen LogP contribution < -0.4 is 10.9 Å². The second kappa shape index (κ2) is 6.74. The number of fused-ring (bicyclic) bond motifs is 1. The van der Waals surface area contributed by atoms with Crippen molar-refractivity contribution in [3.8, 4) is 11.5 Å². The van der Waals surface area contributed by atoms with E-state index in [1.54, 1.807) is 16.8 Å². The SMILES string of the molecule is CCc1noc(-c2cnn3c(C4CCNCC4)cc(=O)[nH]c23)n1.Cl. The van der Waals surface area contributed by atoms with Crippen LogP contribution in [0.2, 0.25) is 0 Å². The third-order valence-electron chi connectivity index (χ3n) is 4.31. The molecule has 3 aromatic rings. The maximum Gasteiger partial charge on any atom is 0.263 e. The van der Waals surface area contributed by atoms with Gasteiger partial charge in [0, 0.05) is 18.4 Å². The van der Waals surface area contributed by atoms with E-state index >= 15 is 0 Å². The van der Waals surface area contributed by atoms with Gasteiger partial charge in [0.25, 0.3) is 11.4 Å². The molecule has 24 heavy (non-hydrogen) atoms. The van der Waals surface area contributed by atoms with Crippen molar-refractivity contribution >= 4 is 18.1 Å². The molecule has 8 nitrogen and oxygen atoms in total. The van der Waals surface area contributed by atoms with Crippen molar-refractivity contribution in [3.63, 3.8) is 0 Å². The second-order valence-electron chi connectivity index (χ2n) is 5.77. The molecule has 0 amide bonds. The molecule has 0 saturated carbocycles. The quantitative estimate of drug-likeness (QED) is 0.742. The molecule has 1 aliphatic heterocycles. The van der Waals surface area contributed by atoms with E-state index in [0.717, 1.165) is 31.6 Å². The van der Waals surface area contributed by atoms with Crippen molar-refractivity contribution in [2.45, 2.75) is 32.1 Å². The molecule has 0 radical (unpaired) electrons. The van der Waals surface area contributed by atoms with Gasteiger partial charge < -0.3 is 14.8 Å². The summed E-state index contributed by atoms with van der Waals surface area (Å²) in [6.07, 6.45) is 4.35. The summed E-state index contributed by atoms with van der Waals surface area (Å²) in [4.78, 5) is 19.3. The molecule has 4 rings (SSSR count). The Bertz CT molecular complexity index is 893. The van der Waals surface area contributed by atoms with Gasteiger partial charge in [-0.1, -0.05) is 12.1 Å². The van der Waals surface area contributed by atoms with Crippen LogP contribution >= 0.6 is 12.4 Å². The Balaban J connectivity index is 0.00000169. The Hall–Kier alpha value is -2.19. The van der Waals surface area contributed by atoms with Crippen molar-refractivity contribution in [1.29, 1.82) is 0 Å². The van der Waals surface area contributed by atoms with Crippen LogP contribution in [-0.4, -0.2) is 37.8 Å². The number of piperidine rings is 1. The highest BCUT2D eigenvalue weighted by Gasteiger charge is 2.22. The second-order valence-corrected chi connectivity index (χ2v) is 5.77. The highest BCUT2D eigenvalue weighted by molar-refractivity contribution is 5.85. The largest absolute Gasteiger partial charge is 0.334 e. The number of nitrogens with one attached hydrogen (secondary N) is 2. The van der Waals surface area contributed by atoms with Crippen LogP contribution in [0, 0.1) is 0 Å². The van der Waals surface area contributed by atoms with Crippen molar-refractivity contribution in [2.24, 2.45) is 0 Å². The van der Waals surface area contributed by atoms with Crippen LogP contribution in [0.3, 0.4) is 0 Å². The maximum absolute atomic E-state index is 12.1. The molecule has 4 heterocycles. The predicted octanol–water partition coefficient (Wildman–Crippen LogP) is 1.52. The monoisotopic (exact) mass is 350 g/mol. The Labute approximate surface area is 144 Å². The van der Waals surface area contributed by atoms with E-state index in [4.69, 9.17) is 4.52 Å². The standard InChI is InChI=1S/C15H18N6O2.ClH/c1-2-12-18-15(23-20-12)10-8-17-21-11(7-13(22)19-14(10)21)9-3-5-16-6-4-9;/h7-9,16H,2-6H2,1H3,(H,19,22);1H. The number of hydrogen-bond donors (Lipinski definition) is 2. The number of halogens is 1. The van der Waals surface area contributed by atoms with Gasteiger partial charge >= 0.3 is 0 Å². The molecular weight excluding hydrogens is 332 g/mol. The minimum absolute atomic E-state index is 0. The smallest absolute Gasteiger partial charge is 0.263 e. The molecule has 0 atom stereocenters. The molecule has 9 heteroatoms. The number of aromatic amines is 1. The van der Waals surface area contributed by atoms with E-state index in [1.807, 2.05) is 6.92 Å². The summed E-state index contributed by atoms with van der Waals surface area (Å²) in [5.41, 5.74) is 2.07. The molecule has 1 saturated heterocycles. The predicted molar refractivity (Wildman–Crippen MR) is 90.6 cm³/mol. The molecule has 0 spiro atoms. The van der Waals surface area contributed by atoms with Gasteiger partial charge in [-0.15, -0.1) is 12.4 Å². The van der Waals surface area contributed by atoms with E-state index in [1.165, 1.54) is 0 Å². The molecule has 1 aliphatic rings. The lowest BCUT2D eigenvalue weighted by molar-refractivity contribution is 0.423. The van der Waals surface area contributed by atoms with E-state index in [0.29, 0.717) is 35.3 Å². The lowest BCUT2D eigenvalue weighted by Gasteiger charge is -2.23. The molecule has 0 bridgehead atoms. The van der Waals surface area contributed by atoms with Crippen LogP contribution in [0.1, 0.15) is 37.2 Å². The van der Waals surface area contributed by atoms with Gasteiger partial charge in [0.15, 0.2) is 5.82 Å². The number of nitrogens with zero attached hydrogens (tertiary/aromatic N) is 4. The zero-order valence-electron chi connectivity index (χ0n) is 13.3. The molecular formula is C15H19ClN6O2. The van der Waals surface area contributed by atoms with Gasteiger partial charge in [-0.25, -0.2) is 4.52 Å². The van der Waals surface area contributed by atoms with Gasteiger partial charge in [-0.3, -0.25) is 4.79 Å². The average molecular weight is 351 g/mol. The van der Waals surface area contributed by atoms with E-state index < -0.39 is 0 Å². The van der Waals surface area contributed by atoms with Gasteiger partial charge in [-0.05, 0) is 25.9 Å². The van der Waals surface area contributed by atoms with Gasteiger partial charge in [0.1, 0.15) is 11.2 Å². The van der Waals surface area contributed by atoms with Crippen molar-refractivity contribution in [1.82, 2.24) is 30.1 Å². The van der Waals surface area contributed by atoms with Gasteiger partial charge in [-0.2, -0.15) is 10.1 Å². The molecule has 0 aliphatic carbocycles. The number of aromatic nitrogens is 5. The van der Waals surface area contributed by atoms with Crippen LogP contribution in [0.5, 0.6) is 0 Å². The highest BCUT2D eigenvalue weighted by atomic mass is 35.5. The first kappa shape index (κ1) is 16.7. The third kappa shape index (κ3) is 2.83. The first-order valence-corrected chi connectivity index (χ1v) is 7.91. The van der Waals surface area contributed by atoms with Crippen molar-refractivity contribution in [2.75, 3.05) is 13.1 Å². The number of aryl methyl sites for hydroxylation is 1. The first-order valence-electron chi connectivity index (χ1n) is 7.91. The van der Waals surface area contributed by atoms with Crippen LogP contribution in [-0.2, 0) is 6.42 Å². The molecule has 0 aromatic carbocycles. The summed E-state index contributed by atoms with van der Waals surface area (Å²) in [6, 6.07) is 1.64. The Morgan fingerprint density at radius 3 is 2.88 bits per heavy atom. The van der Waals surface area contributed by atoms with E-state index in [2.05, 4.69) is 25.5 Å². The summed E-state index contributed by atoms with van der Waals surface area (Å²) in [5.74, 6) is 1.34. The number of hydrogen-bond acceptors (Lipinski definition) is 6. The fourth-order valence-electron chi connectivity index (χ4n) is 3.08. The zero-order chi connectivity index (χ0) is 15.8. The highest BCUT2D eigenvalue weighted by Crippen LogP contribution is 2.27. The van der Waals surface area contributed by atoms with Crippen LogP contribution in [0.25, 0.3) is 17.1 Å². The number of rotatable bonds is 3. The van der Waals surface area contributed by atoms with Crippen LogP contribution in [0.4, 0.5) is 0 Å². The van der Waals surface area contributed by atoms with Gasteiger partial charge in [0.2, 0.25) is 0 Å². The Morgan fingerprint density at radius 2 is 2.17 bits per heavy atom. The van der Waals surface area contributed by atoms with Crippen molar-refractivity contribution < 1.29 is 4.52 Å². The zero-order valence-corrected chi connectivity index (χ0v) is 14.1. The lowest BCUT2D eigenvalue weighted by Crippen LogP contribution is -2.28. The van der Waals surface area contributed by atoms with E-state index in [9.17, 15) is 4.79 Å². The summed E-state index contributed by atoms with van der Waals surface area (Å²) < 4.78 is 7.08. The minimum Gasteiger partial charge on any atom is -0.334 e. The fraction of sp³-hybridized carbons (Fsp3) is 0.467. The number of H-pyrrole nitrogens is 1. The average Bonchev–Trinajstić information content (AvgIpc) is 3.21. The minimum atomic E-state index is -0.136.